The average Bonchev–Trinajstić information content (AvgIpc) is 3.22. The van der Waals surface area contributed by atoms with Crippen molar-refractivity contribution in [1.29, 1.82) is 0 Å². The number of aliphatic hydroxyl groups is 1. The molecule has 5 nitrogen and oxygen atoms in total. The van der Waals surface area contributed by atoms with Gasteiger partial charge in [-0.3, -0.25) is 4.79 Å². The van der Waals surface area contributed by atoms with Crippen LogP contribution in [0.4, 0.5) is 0 Å². The predicted octanol–water partition coefficient (Wildman–Crippen LogP) is 2.31. The van der Waals surface area contributed by atoms with Gasteiger partial charge in [-0.15, -0.1) is 0 Å². The van der Waals surface area contributed by atoms with Crippen molar-refractivity contribution in [3.63, 3.8) is 0 Å². The Morgan fingerprint density at radius 1 is 1.25 bits per heavy atom. The van der Waals surface area contributed by atoms with Crippen molar-refractivity contribution >= 4 is 17.7 Å². The van der Waals surface area contributed by atoms with Crippen LogP contribution in [0, 0.1) is 11.8 Å². The van der Waals surface area contributed by atoms with Crippen molar-refractivity contribution in [2.45, 2.75) is 25.0 Å². The summed E-state index contributed by atoms with van der Waals surface area (Å²) >= 11 is 1.68. The number of aliphatic hydroxyl groups excluding tert-OH is 1. The van der Waals surface area contributed by atoms with Gasteiger partial charge in [0.1, 0.15) is 5.76 Å². The molecule has 2 aliphatic rings. The molecule has 1 amide bonds. The molecule has 2 fully saturated rings. The lowest BCUT2D eigenvalue weighted by atomic mass is 9.95. The highest BCUT2D eigenvalue weighted by atomic mass is 32.2. The normalized spacial score (nSPS) is 25.3. The fourth-order valence-corrected chi connectivity index (χ4v) is 4.30. The Morgan fingerprint density at radius 3 is 2.71 bits per heavy atom. The molecule has 0 aromatic carbocycles. The van der Waals surface area contributed by atoms with E-state index in [2.05, 4.69) is 4.90 Å². The maximum Gasteiger partial charge on any atom is 0.289 e. The van der Waals surface area contributed by atoms with Gasteiger partial charge < -0.3 is 19.3 Å². The topological polar surface area (TPSA) is 56.9 Å². The number of hydrogen-bond acceptors (Lipinski definition) is 5. The lowest BCUT2D eigenvalue weighted by Crippen LogP contribution is -2.37. The van der Waals surface area contributed by atoms with E-state index in [1.807, 2.05) is 17.2 Å². The van der Waals surface area contributed by atoms with Crippen molar-refractivity contribution in [2.24, 2.45) is 11.8 Å². The summed E-state index contributed by atoms with van der Waals surface area (Å²) < 4.78 is 5.67. The molecule has 0 spiro atoms. The minimum atomic E-state index is -0.0399. The molecule has 0 radical (unpaired) electrons. The molecule has 2 unspecified atom stereocenters. The molecule has 3 rings (SSSR count). The SMILES string of the molecule is CSCc1ccc(C(=O)N2CC(CO)C(CN3CCCCC3)C2)o1. The number of piperidine rings is 1. The first-order chi connectivity index (χ1) is 11.7. The number of carbonyl (C=O) groups excluding carboxylic acids is 1. The summed E-state index contributed by atoms with van der Waals surface area (Å²) in [5.74, 6) is 2.54. The molecule has 6 heteroatoms. The third-order valence-electron chi connectivity index (χ3n) is 5.20. The summed E-state index contributed by atoms with van der Waals surface area (Å²) in [7, 11) is 0. The molecule has 1 aromatic rings. The Kier molecular flexibility index (Phi) is 6.25. The summed E-state index contributed by atoms with van der Waals surface area (Å²) in [4.78, 5) is 17.0. The second-order valence-electron chi connectivity index (χ2n) is 6.97. The fourth-order valence-electron chi connectivity index (χ4n) is 3.86. The number of rotatable bonds is 6. The van der Waals surface area contributed by atoms with E-state index in [1.165, 1.54) is 19.3 Å². The zero-order chi connectivity index (χ0) is 16.9. The van der Waals surface area contributed by atoms with E-state index in [1.54, 1.807) is 17.8 Å². The average molecular weight is 353 g/mol. The summed E-state index contributed by atoms with van der Waals surface area (Å²) in [6, 6.07) is 3.66. The maximum absolute atomic E-state index is 12.7. The van der Waals surface area contributed by atoms with Crippen LogP contribution in [0.3, 0.4) is 0 Å². The van der Waals surface area contributed by atoms with Gasteiger partial charge in [-0.05, 0) is 50.2 Å². The standard InChI is InChI=1S/C18H28N2O3S/c1-24-13-16-5-6-17(23-16)18(22)20-10-14(15(11-20)12-21)9-19-7-3-2-4-8-19/h5-6,14-15,21H,2-4,7-13H2,1H3. The lowest BCUT2D eigenvalue weighted by molar-refractivity contribution is 0.0745. The fraction of sp³-hybridized carbons (Fsp3) is 0.722. The predicted molar refractivity (Wildman–Crippen MR) is 96.2 cm³/mol. The second-order valence-corrected chi connectivity index (χ2v) is 7.84. The highest BCUT2D eigenvalue weighted by Crippen LogP contribution is 2.27. The third-order valence-corrected chi connectivity index (χ3v) is 5.77. The van der Waals surface area contributed by atoms with Crippen LogP contribution in [0.25, 0.3) is 0 Å². The maximum atomic E-state index is 12.7. The van der Waals surface area contributed by atoms with Crippen LogP contribution in [0.5, 0.6) is 0 Å². The first-order valence-electron chi connectivity index (χ1n) is 8.91. The van der Waals surface area contributed by atoms with E-state index in [-0.39, 0.29) is 18.4 Å². The molecule has 0 saturated carbocycles. The second kappa shape index (κ2) is 8.41. The lowest BCUT2D eigenvalue weighted by Gasteiger charge is -2.30. The molecule has 2 saturated heterocycles. The number of likely N-dealkylation sites (tertiary alicyclic amines) is 2. The van der Waals surface area contributed by atoms with Crippen molar-refractivity contribution in [2.75, 3.05) is 45.6 Å². The smallest absolute Gasteiger partial charge is 0.289 e. The van der Waals surface area contributed by atoms with Gasteiger partial charge in [0.2, 0.25) is 0 Å². The number of nitrogens with zero attached hydrogens (tertiary/aromatic N) is 2. The number of amides is 1. The first-order valence-corrected chi connectivity index (χ1v) is 10.3. The van der Waals surface area contributed by atoms with Gasteiger partial charge in [-0.25, -0.2) is 0 Å². The molecule has 134 valence electrons. The number of furan rings is 1. The Hall–Kier alpha value is -0.980. The Morgan fingerprint density at radius 2 is 2.00 bits per heavy atom. The van der Waals surface area contributed by atoms with Crippen molar-refractivity contribution in [3.8, 4) is 0 Å². The van der Waals surface area contributed by atoms with Gasteiger partial charge in [-0.1, -0.05) is 6.42 Å². The molecule has 1 N–H and O–H groups in total. The summed E-state index contributed by atoms with van der Waals surface area (Å²) in [6.07, 6.45) is 5.88. The summed E-state index contributed by atoms with van der Waals surface area (Å²) in [6.45, 7) is 4.80. The van der Waals surface area contributed by atoms with Gasteiger partial charge in [0.15, 0.2) is 5.76 Å². The molecule has 2 aliphatic heterocycles. The third kappa shape index (κ3) is 4.16. The highest BCUT2D eigenvalue weighted by molar-refractivity contribution is 7.97. The summed E-state index contributed by atoms with van der Waals surface area (Å²) in [5.41, 5.74) is 0. The van der Waals surface area contributed by atoms with Gasteiger partial charge in [0.05, 0.1) is 5.75 Å². The van der Waals surface area contributed by atoms with Gasteiger partial charge in [0.25, 0.3) is 5.91 Å². The van der Waals surface area contributed by atoms with Crippen LogP contribution in [0.2, 0.25) is 0 Å². The minimum absolute atomic E-state index is 0.0399. The van der Waals surface area contributed by atoms with Crippen molar-refractivity contribution in [3.05, 3.63) is 23.7 Å². The van der Waals surface area contributed by atoms with Crippen LogP contribution in [-0.2, 0) is 5.75 Å². The molecule has 24 heavy (non-hydrogen) atoms. The van der Waals surface area contributed by atoms with Crippen LogP contribution in [-0.4, -0.2) is 66.4 Å². The van der Waals surface area contributed by atoms with E-state index >= 15 is 0 Å². The van der Waals surface area contributed by atoms with E-state index < -0.39 is 0 Å². The van der Waals surface area contributed by atoms with E-state index in [9.17, 15) is 9.90 Å². The minimum Gasteiger partial charge on any atom is -0.455 e. The molecule has 3 heterocycles. The zero-order valence-electron chi connectivity index (χ0n) is 14.4. The first kappa shape index (κ1) is 17.8. The van der Waals surface area contributed by atoms with Crippen LogP contribution >= 0.6 is 11.8 Å². The van der Waals surface area contributed by atoms with E-state index in [0.717, 1.165) is 37.7 Å². The van der Waals surface area contributed by atoms with E-state index in [4.69, 9.17) is 4.42 Å². The summed E-state index contributed by atoms with van der Waals surface area (Å²) in [5, 5.41) is 9.73. The van der Waals surface area contributed by atoms with Gasteiger partial charge in [0, 0.05) is 32.2 Å². The molecule has 2 atom stereocenters. The van der Waals surface area contributed by atoms with Crippen molar-refractivity contribution < 1.29 is 14.3 Å². The van der Waals surface area contributed by atoms with Gasteiger partial charge in [-0.2, -0.15) is 11.8 Å². The van der Waals surface area contributed by atoms with Crippen molar-refractivity contribution in [1.82, 2.24) is 9.80 Å². The molecular formula is C18H28N2O3S. The molecular weight excluding hydrogens is 324 g/mol. The number of hydrogen-bond donors (Lipinski definition) is 1. The Balaban J connectivity index is 1.60. The number of thioether (sulfide) groups is 1. The Labute approximate surface area is 148 Å². The van der Waals surface area contributed by atoms with Crippen LogP contribution in [0.15, 0.2) is 16.5 Å². The van der Waals surface area contributed by atoms with E-state index in [0.29, 0.717) is 18.2 Å². The Bertz CT molecular complexity index is 542. The quantitative estimate of drug-likeness (QED) is 0.851. The van der Waals surface area contributed by atoms with Crippen LogP contribution in [0.1, 0.15) is 35.6 Å². The highest BCUT2D eigenvalue weighted by Gasteiger charge is 2.37. The zero-order valence-corrected chi connectivity index (χ0v) is 15.3. The molecule has 0 bridgehead atoms. The van der Waals surface area contributed by atoms with Gasteiger partial charge >= 0.3 is 0 Å². The molecule has 1 aromatic heterocycles. The number of carbonyl (C=O) groups is 1. The van der Waals surface area contributed by atoms with Crippen LogP contribution < -0.4 is 0 Å². The monoisotopic (exact) mass is 352 g/mol. The molecule has 0 aliphatic carbocycles. The largest absolute Gasteiger partial charge is 0.455 e.